The van der Waals surface area contributed by atoms with Crippen molar-refractivity contribution in [3.8, 4) is 5.88 Å². The molecule has 2 aliphatic carbocycles. The lowest BCUT2D eigenvalue weighted by molar-refractivity contribution is 0.0850. The van der Waals surface area contributed by atoms with Gasteiger partial charge in [0.15, 0.2) is 0 Å². The summed E-state index contributed by atoms with van der Waals surface area (Å²) < 4.78 is 5.14. The molecule has 3 atom stereocenters. The molecule has 0 saturated heterocycles. The highest BCUT2D eigenvalue weighted by Crippen LogP contribution is 2.40. The first kappa shape index (κ1) is 9.85. The predicted molar refractivity (Wildman–Crippen MR) is 60.5 cm³/mol. The van der Waals surface area contributed by atoms with Crippen molar-refractivity contribution in [2.45, 2.75) is 24.9 Å². The minimum absolute atomic E-state index is 0.220. The number of allylic oxidation sites excluding steroid dienone is 1. The van der Waals surface area contributed by atoms with Crippen molar-refractivity contribution < 1.29 is 9.84 Å². The van der Waals surface area contributed by atoms with Gasteiger partial charge in [0.1, 0.15) is 0 Å². The van der Waals surface area contributed by atoms with Crippen molar-refractivity contribution in [1.82, 2.24) is 4.98 Å². The number of methoxy groups -OCH3 is 1. The minimum Gasteiger partial charge on any atom is -0.481 e. The number of aliphatic hydroxyl groups excluding tert-OH is 1. The number of rotatable bonds is 1. The Morgan fingerprint density at radius 3 is 3.12 bits per heavy atom. The summed E-state index contributed by atoms with van der Waals surface area (Å²) in [5.74, 6) is 1.11. The molecule has 16 heavy (non-hydrogen) atoms. The number of fused-ring (bicyclic) bond motifs is 4. The quantitative estimate of drug-likeness (QED) is 0.727. The Bertz CT molecular complexity index is 442. The van der Waals surface area contributed by atoms with Crippen molar-refractivity contribution in [3.05, 3.63) is 35.5 Å². The maximum atomic E-state index is 10.2. The molecule has 2 aliphatic rings. The Labute approximate surface area is 94.8 Å². The van der Waals surface area contributed by atoms with Gasteiger partial charge in [-0.25, -0.2) is 4.98 Å². The molecule has 1 N–H and O–H groups in total. The number of nitrogens with zero attached hydrogens (tertiary/aromatic N) is 1. The number of ether oxygens (including phenoxy) is 1. The van der Waals surface area contributed by atoms with Crippen LogP contribution in [-0.2, 0) is 6.42 Å². The molecule has 0 saturated carbocycles. The molecule has 0 fully saturated rings. The summed E-state index contributed by atoms with van der Waals surface area (Å²) in [5, 5.41) is 10.2. The molecule has 0 aliphatic heterocycles. The summed E-state index contributed by atoms with van der Waals surface area (Å²) in [6.07, 6.45) is 5.78. The van der Waals surface area contributed by atoms with Crippen molar-refractivity contribution in [2.24, 2.45) is 5.92 Å². The van der Waals surface area contributed by atoms with Crippen LogP contribution in [0.15, 0.2) is 24.3 Å². The highest BCUT2D eigenvalue weighted by Gasteiger charge is 2.36. The predicted octanol–water partition coefficient (Wildman–Crippen LogP) is 1.67. The largest absolute Gasteiger partial charge is 0.481 e. The summed E-state index contributed by atoms with van der Waals surface area (Å²) in [6, 6.07) is 3.93. The van der Waals surface area contributed by atoms with E-state index in [4.69, 9.17) is 4.74 Å². The number of hydrogen-bond donors (Lipinski definition) is 1. The summed E-state index contributed by atoms with van der Waals surface area (Å²) in [4.78, 5) is 4.48. The lowest BCUT2D eigenvalue weighted by atomic mass is 9.72. The smallest absolute Gasteiger partial charge is 0.213 e. The molecule has 0 spiro atoms. The van der Waals surface area contributed by atoms with E-state index in [1.807, 2.05) is 12.1 Å². The number of hydrogen-bond acceptors (Lipinski definition) is 3. The fraction of sp³-hybridized carbons (Fsp3) is 0.462. The van der Waals surface area contributed by atoms with E-state index >= 15 is 0 Å². The normalized spacial score (nSPS) is 31.0. The first-order valence-corrected chi connectivity index (χ1v) is 5.68. The fourth-order valence-electron chi connectivity index (χ4n) is 2.78. The van der Waals surface area contributed by atoms with Crippen LogP contribution in [0.3, 0.4) is 0 Å². The maximum absolute atomic E-state index is 10.2. The third-order valence-electron chi connectivity index (χ3n) is 3.65. The molecule has 3 heteroatoms. The number of aliphatic hydroxyl groups is 1. The van der Waals surface area contributed by atoms with E-state index in [1.54, 1.807) is 7.11 Å². The highest BCUT2D eigenvalue weighted by molar-refractivity contribution is 5.36. The standard InChI is InChI=1S/C13H15NO2/c1-16-12-6-5-9-10-4-2-3-8(13(10)15)7-11(9)14-12/h2-3,5-6,8,10,13,15H,4,7H2,1H3/t8-,10+,13+/m0/s1. The lowest BCUT2D eigenvalue weighted by Gasteiger charge is -2.37. The molecule has 1 aromatic heterocycles. The zero-order chi connectivity index (χ0) is 11.1. The van der Waals surface area contributed by atoms with Gasteiger partial charge in [-0.3, -0.25) is 0 Å². The van der Waals surface area contributed by atoms with E-state index < -0.39 is 0 Å². The second-order valence-corrected chi connectivity index (χ2v) is 4.52. The molecular weight excluding hydrogens is 202 g/mol. The summed E-state index contributed by atoms with van der Waals surface area (Å²) >= 11 is 0. The van der Waals surface area contributed by atoms with Crippen LogP contribution in [0.4, 0.5) is 0 Å². The van der Waals surface area contributed by atoms with Gasteiger partial charge in [-0.2, -0.15) is 0 Å². The van der Waals surface area contributed by atoms with Crippen molar-refractivity contribution in [3.63, 3.8) is 0 Å². The third kappa shape index (κ3) is 1.35. The molecule has 0 unspecified atom stereocenters. The number of aromatic nitrogens is 1. The molecule has 0 amide bonds. The van der Waals surface area contributed by atoms with E-state index in [0.717, 1.165) is 18.5 Å². The molecule has 3 rings (SSSR count). The Morgan fingerprint density at radius 2 is 2.31 bits per heavy atom. The van der Waals surface area contributed by atoms with Crippen LogP contribution in [0.25, 0.3) is 0 Å². The molecule has 3 nitrogen and oxygen atoms in total. The Kier molecular flexibility index (Phi) is 2.21. The van der Waals surface area contributed by atoms with Gasteiger partial charge in [0, 0.05) is 23.6 Å². The SMILES string of the molecule is COc1ccc2c(n1)C[C@@H]1C=CC[C@H]2[C@@H]1O. The van der Waals surface area contributed by atoms with Gasteiger partial charge in [-0.1, -0.05) is 18.2 Å². The Balaban J connectivity index is 2.07. The van der Waals surface area contributed by atoms with Gasteiger partial charge >= 0.3 is 0 Å². The molecule has 84 valence electrons. The summed E-state index contributed by atoms with van der Waals surface area (Å²) in [7, 11) is 1.63. The average molecular weight is 217 g/mol. The first-order valence-electron chi connectivity index (χ1n) is 5.68. The topological polar surface area (TPSA) is 42.4 Å². The van der Waals surface area contributed by atoms with Crippen molar-refractivity contribution >= 4 is 0 Å². The monoisotopic (exact) mass is 217 g/mol. The van der Waals surface area contributed by atoms with E-state index in [0.29, 0.717) is 5.88 Å². The van der Waals surface area contributed by atoms with Crippen LogP contribution in [-0.4, -0.2) is 23.3 Å². The van der Waals surface area contributed by atoms with E-state index in [1.165, 1.54) is 5.56 Å². The first-order chi connectivity index (χ1) is 7.79. The highest BCUT2D eigenvalue weighted by atomic mass is 16.5. The number of pyridine rings is 1. The summed E-state index contributed by atoms with van der Waals surface area (Å²) in [6.45, 7) is 0. The molecule has 0 radical (unpaired) electrons. The van der Waals surface area contributed by atoms with Gasteiger partial charge in [-0.15, -0.1) is 0 Å². The summed E-state index contributed by atoms with van der Waals surface area (Å²) in [5.41, 5.74) is 2.28. The van der Waals surface area contributed by atoms with Crippen LogP contribution < -0.4 is 4.74 Å². The van der Waals surface area contributed by atoms with Gasteiger partial charge in [0.2, 0.25) is 5.88 Å². The third-order valence-corrected chi connectivity index (χ3v) is 3.65. The fourth-order valence-corrected chi connectivity index (χ4v) is 2.78. The van der Waals surface area contributed by atoms with Crippen LogP contribution in [0, 0.1) is 5.92 Å². The molecule has 1 heterocycles. The van der Waals surface area contributed by atoms with Crippen LogP contribution in [0.1, 0.15) is 23.6 Å². The molecule has 1 aromatic rings. The molecule has 0 aromatic carbocycles. The van der Waals surface area contributed by atoms with E-state index in [2.05, 4.69) is 17.1 Å². The zero-order valence-electron chi connectivity index (χ0n) is 9.26. The zero-order valence-corrected chi connectivity index (χ0v) is 9.26. The van der Waals surface area contributed by atoms with Gasteiger partial charge in [0.05, 0.1) is 13.2 Å². The minimum atomic E-state index is -0.243. The van der Waals surface area contributed by atoms with Crippen molar-refractivity contribution in [1.29, 1.82) is 0 Å². The van der Waals surface area contributed by atoms with Crippen molar-refractivity contribution in [2.75, 3.05) is 7.11 Å². The average Bonchev–Trinajstić information content (AvgIpc) is 2.29. The van der Waals surface area contributed by atoms with E-state index in [-0.39, 0.29) is 17.9 Å². The van der Waals surface area contributed by atoms with E-state index in [9.17, 15) is 5.11 Å². The Hall–Kier alpha value is -1.35. The second-order valence-electron chi connectivity index (χ2n) is 4.52. The van der Waals surface area contributed by atoms with Gasteiger partial charge in [-0.05, 0) is 18.4 Å². The lowest BCUT2D eigenvalue weighted by Crippen LogP contribution is -2.35. The van der Waals surface area contributed by atoms with Crippen LogP contribution in [0.2, 0.25) is 0 Å². The van der Waals surface area contributed by atoms with Crippen LogP contribution in [0.5, 0.6) is 5.88 Å². The molecular formula is C13H15NO2. The van der Waals surface area contributed by atoms with Crippen LogP contribution >= 0.6 is 0 Å². The van der Waals surface area contributed by atoms with Gasteiger partial charge < -0.3 is 9.84 Å². The molecule has 2 bridgehead atoms. The maximum Gasteiger partial charge on any atom is 0.213 e. The second kappa shape index (κ2) is 3.59. The van der Waals surface area contributed by atoms with Gasteiger partial charge in [0.25, 0.3) is 0 Å². The Morgan fingerprint density at radius 1 is 1.44 bits per heavy atom.